The number of halogens is 2. The average molecular weight is 411 g/mol. The van der Waals surface area contributed by atoms with Gasteiger partial charge in [0.2, 0.25) is 5.95 Å². The van der Waals surface area contributed by atoms with Crippen LogP contribution >= 0.6 is 31.9 Å². The van der Waals surface area contributed by atoms with E-state index < -0.39 is 0 Å². The van der Waals surface area contributed by atoms with E-state index in [1.165, 1.54) is 0 Å². The molecule has 0 atom stereocenters. The Morgan fingerprint density at radius 1 is 1.24 bits per heavy atom. The highest BCUT2D eigenvalue weighted by molar-refractivity contribution is 9.10. The van der Waals surface area contributed by atoms with Crippen molar-refractivity contribution < 1.29 is 0 Å². The second-order valence-corrected chi connectivity index (χ2v) is 6.42. The van der Waals surface area contributed by atoms with Gasteiger partial charge in [-0.2, -0.15) is 4.98 Å². The Balaban J connectivity index is 2.09. The summed E-state index contributed by atoms with van der Waals surface area (Å²) in [6.45, 7) is 4.73. The van der Waals surface area contributed by atoms with Crippen LogP contribution in [0.3, 0.4) is 0 Å². The van der Waals surface area contributed by atoms with Crippen molar-refractivity contribution in [1.82, 2.24) is 19.5 Å². The molecule has 2 N–H and O–H groups in total. The molecule has 0 bridgehead atoms. The smallest absolute Gasteiger partial charge is 0.223 e. The Labute approximate surface area is 138 Å². The van der Waals surface area contributed by atoms with E-state index in [2.05, 4.69) is 53.7 Å². The van der Waals surface area contributed by atoms with Crippen molar-refractivity contribution in [3.8, 4) is 0 Å². The van der Waals surface area contributed by atoms with Crippen molar-refractivity contribution >= 4 is 48.8 Å². The molecule has 3 rings (SSSR count). The van der Waals surface area contributed by atoms with Crippen LogP contribution in [0.25, 0.3) is 11.0 Å². The number of nitrogens with two attached hydrogens (primary N) is 1. The lowest BCUT2D eigenvalue weighted by molar-refractivity contribution is 0.787. The number of nitrogen functional groups attached to an aromatic ring is 1. The van der Waals surface area contributed by atoms with Crippen LogP contribution in [0.4, 0.5) is 5.95 Å². The fourth-order valence-electron chi connectivity index (χ4n) is 2.24. The summed E-state index contributed by atoms with van der Waals surface area (Å²) < 4.78 is 3.83. The van der Waals surface area contributed by atoms with Crippen LogP contribution in [-0.2, 0) is 6.54 Å². The first-order valence-electron chi connectivity index (χ1n) is 6.36. The largest absolute Gasteiger partial charge is 0.368 e. The molecule has 0 aromatic carbocycles. The Bertz CT molecular complexity index is 841. The van der Waals surface area contributed by atoms with Gasteiger partial charge in [-0.25, -0.2) is 4.98 Å². The third-order valence-electron chi connectivity index (χ3n) is 3.43. The Hall–Kier alpha value is -1.47. The summed E-state index contributed by atoms with van der Waals surface area (Å²) in [5, 5.41) is 0.938. The molecule has 7 heteroatoms. The van der Waals surface area contributed by atoms with E-state index in [0.29, 0.717) is 11.1 Å². The summed E-state index contributed by atoms with van der Waals surface area (Å²) in [7, 11) is 0. The molecule has 0 aliphatic carbocycles. The third-order valence-corrected chi connectivity index (χ3v) is 5.26. The van der Waals surface area contributed by atoms with Gasteiger partial charge in [-0.15, -0.1) is 0 Å². The molecule has 0 saturated carbocycles. The number of hydrogen-bond acceptors (Lipinski definition) is 4. The number of hydrogen-bond donors (Lipinski definition) is 1. The first-order valence-corrected chi connectivity index (χ1v) is 7.94. The van der Waals surface area contributed by atoms with Gasteiger partial charge in [-0.1, -0.05) is 15.9 Å². The van der Waals surface area contributed by atoms with Crippen LogP contribution < -0.4 is 5.73 Å². The molecule has 0 spiro atoms. The number of pyridine rings is 1. The zero-order valence-corrected chi connectivity index (χ0v) is 14.7. The first-order chi connectivity index (χ1) is 9.97. The number of anilines is 1. The van der Waals surface area contributed by atoms with Crippen LogP contribution in [-0.4, -0.2) is 19.5 Å². The lowest BCUT2D eigenvalue weighted by Crippen LogP contribution is -2.06. The zero-order chi connectivity index (χ0) is 15.1. The van der Waals surface area contributed by atoms with E-state index in [1.54, 1.807) is 0 Å². The SMILES string of the molecule is Cc1cnc(Cn2ccc3c(Br)nc(N)nc32)c(C)c1Br. The molecular weight excluding hydrogens is 398 g/mol. The van der Waals surface area contributed by atoms with Gasteiger partial charge in [0.25, 0.3) is 0 Å². The maximum Gasteiger partial charge on any atom is 0.223 e. The van der Waals surface area contributed by atoms with Crippen LogP contribution in [0.1, 0.15) is 16.8 Å². The van der Waals surface area contributed by atoms with Crippen molar-refractivity contribution in [2.45, 2.75) is 20.4 Å². The fraction of sp³-hybridized carbons (Fsp3) is 0.214. The lowest BCUT2D eigenvalue weighted by atomic mass is 10.1. The molecule has 3 aromatic rings. The standard InChI is InChI=1S/C14H13Br2N5/c1-7-5-18-10(8(2)11(7)15)6-21-4-3-9-12(16)19-14(17)20-13(9)21/h3-5H,6H2,1-2H3,(H2,17,19,20). The fourth-order valence-corrected chi connectivity index (χ4v) is 3.07. The van der Waals surface area contributed by atoms with Crippen molar-refractivity contribution in [3.63, 3.8) is 0 Å². The van der Waals surface area contributed by atoms with E-state index in [0.717, 1.165) is 32.3 Å². The number of nitrogens with zero attached hydrogens (tertiary/aromatic N) is 4. The molecule has 0 amide bonds. The molecule has 108 valence electrons. The minimum Gasteiger partial charge on any atom is -0.368 e. The van der Waals surface area contributed by atoms with Crippen LogP contribution in [0.5, 0.6) is 0 Å². The number of aryl methyl sites for hydroxylation is 1. The van der Waals surface area contributed by atoms with Crippen molar-refractivity contribution in [3.05, 3.63) is 44.4 Å². The maximum atomic E-state index is 5.73. The summed E-state index contributed by atoms with van der Waals surface area (Å²) in [4.78, 5) is 13.0. The minimum absolute atomic E-state index is 0.254. The maximum absolute atomic E-state index is 5.73. The number of rotatable bonds is 2. The van der Waals surface area contributed by atoms with Gasteiger partial charge < -0.3 is 10.3 Å². The van der Waals surface area contributed by atoms with Gasteiger partial charge in [0.05, 0.1) is 17.6 Å². The van der Waals surface area contributed by atoms with E-state index >= 15 is 0 Å². The van der Waals surface area contributed by atoms with E-state index in [4.69, 9.17) is 5.73 Å². The van der Waals surface area contributed by atoms with Gasteiger partial charge in [0.15, 0.2) is 0 Å². The molecule has 5 nitrogen and oxygen atoms in total. The summed E-state index contributed by atoms with van der Waals surface area (Å²) in [6, 6.07) is 1.97. The van der Waals surface area contributed by atoms with Gasteiger partial charge in [0, 0.05) is 16.9 Å². The summed E-state index contributed by atoms with van der Waals surface area (Å²) in [6.07, 6.45) is 3.84. The number of fused-ring (bicyclic) bond motifs is 1. The highest BCUT2D eigenvalue weighted by Gasteiger charge is 2.12. The molecular formula is C14H13Br2N5. The molecule has 0 aliphatic rings. The molecule has 0 unspecified atom stereocenters. The van der Waals surface area contributed by atoms with E-state index in [1.807, 2.05) is 30.0 Å². The zero-order valence-electron chi connectivity index (χ0n) is 11.6. The Kier molecular flexibility index (Phi) is 3.71. The lowest BCUT2D eigenvalue weighted by Gasteiger charge is -2.10. The monoisotopic (exact) mass is 409 g/mol. The predicted octanol–water partition coefficient (Wildman–Crippen LogP) is 3.60. The minimum atomic E-state index is 0.254. The van der Waals surface area contributed by atoms with Crippen molar-refractivity contribution in [2.75, 3.05) is 5.73 Å². The molecule has 3 aromatic heterocycles. The van der Waals surface area contributed by atoms with Gasteiger partial charge >= 0.3 is 0 Å². The quantitative estimate of drug-likeness (QED) is 0.655. The Morgan fingerprint density at radius 3 is 2.76 bits per heavy atom. The summed E-state index contributed by atoms with van der Waals surface area (Å²) >= 11 is 7.02. The van der Waals surface area contributed by atoms with Gasteiger partial charge in [-0.05, 0) is 47.0 Å². The molecule has 21 heavy (non-hydrogen) atoms. The molecule has 0 aliphatic heterocycles. The van der Waals surface area contributed by atoms with Gasteiger partial charge in [0.1, 0.15) is 10.3 Å². The highest BCUT2D eigenvalue weighted by atomic mass is 79.9. The van der Waals surface area contributed by atoms with Crippen LogP contribution in [0.2, 0.25) is 0 Å². The molecule has 0 saturated heterocycles. The topological polar surface area (TPSA) is 69.6 Å². The average Bonchev–Trinajstić information content (AvgIpc) is 2.83. The van der Waals surface area contributed by atoms with Crippen molar-refractivity contribution in [1.29, 1.82) is 0 Å². The van der Waals surface area contributed by atoms with Gasteiger partial charge in [-0.3, -0.25) is 4.98 Å². The summed E-state index contributed by atoms with van der Waals surface area (Å²) in [5.74, 6) is 0.254. The first kappa shape index (κ1) is 14.5. The van der Waals surface area contributed by atoms with Crippen LogP contribution in [0, 0.1) is 13.8 Å². The Morgan fingerprint density at radius 2 is 2.00 bits per heavy atom. The normalized spacial score (nSPS) is 11.2. The van der Waals surface area contributed by atoms with E-state index in [9.17, 15) is 0 Å². The van der Waals surface area contributed by atoms with Crippen molar-refractivity contribution in [2.24, 2.45) is 0 Å². The second kappa shape index (κ2) is 5.38. The predicted molar refractivity (Wildman–Crippen MR) is 90.2 cm³/mol. The summed E-state index contributed by atoms with van der Waals surface area (Å²) in [5.41, 5.74) is 9.79. The highest BCUT2D eigenvalue weighted by Crippen LogP contribution is 2.26. The van der Waals surface area contributed by atoms with Crippen LogP contribution in [0.15, 0.2) is 27.5 Å². The second-order valence-electron chi connectivity index (χ2n) is 4.88. The number of aromatic nitrogens is 4. The molecule has 3 heterocycles. The third kappa shape index (κ3) is 2.55. The molecule has 0 fully saturated rings. The molecule has 0 radical (unpaired) electrons. The van der Waals surface area contributed by atoms with E-state index in [-0.39, 0.29) is 5.95 Å².